The number of hydrogen-bond donors (Lipinski definition) is 1. The topological polar surface area (TPSA) is 110 Å². The van der Waals surface area contributed by atoms with Crippen LogP contribution in [0.25, 0.3) is 22.0 Å². The number of piperidine rings is 1. The SMILES string of the molecule is CC(=O)c1nn(CC(=O)N2C3C[C@]3(C)C[C@H]2C(=O)NCc2ccc(F)cc2)c2c(C)cc(-c3cnc(C)nc3)cc12. The van der Waals surface area contributed by atoms with Gasteiger partial charge < -0.3 is 10.2 Å². The van der Waals surface area contributed by atoms with E-state index in [0.717, 1.165) is 28.7 Å². The molecule has 6 rings (SSSR count). The van der Waals surface area contributed by atoms with Gasteiger partial charge in [-0.15, -0.1) is 0 Å². The summed E-state index contributed by atoms with van der Waals surface area (Å²) in [7, 11) is 0. The lowest BCUT2D eigenvalue weighted by molar-refractivity contribution is -0.140. The fourth-order valence-corrected chi connectivity index (χ4v) is 6.09. The molecule has 10 heteroatoms. The molecule has 2 aromatic carbocycles. The Balaban J connectivity index is 1.27. The Labute approximate surface area is 236 Å². The van der Waals surface area contributed by atoms with Crippen molar-refractivity contribution in [1.82, 2.24) is 30.0 Å². The largest absolute Gasteiger partial charge is 0.350 e. The molecule has 2 aromatic heterocycles. The molecule has 2 aliphatic rings. The highest BCUT2D eigenvalue weighted by Crippen LogP contribution is 2.59. The van der Waals surface area contributed by atoms with Crippen LogP contribution in [0, 0.1) is 25.1 Å². The smallest absolute Gasteiger partial charge is 0.245 e. The van der Waals surface area contributed by atoms with Gasteiger partial charge >= 0.3 is 0 Å². The zero-order chi connectivity index (χ0) is 29.1. The fraction of sp³-hybridized carbons (Fsp3) is 0.355. The summed E-state index contributed by atoms with van der Waals surface area (Å²) < 4.78 is 14.8. The molecule has 3 atom stereocenters. The molecule has 0 spiro atoms. The second kappa shape index (κ2) is 9.87. The third-order valence-corrected chi connectivity index (χ3v) is 8.37. The van der Waals surface area contributed by atoms with Crippen LogP contribution in [0.3, 0.4) is 0 Å². The molecule has 0 radical (unpaired) electrons. The number of ketones is 1. The third-order valence-electron chi connectivity index (χ3n) is 8.37. The summed E-state index contributed by atoms with van der Waals surface area (Å²) in [5.74, 6) is -0.319. The van der Waals surface area contributed by atoms with E-state index < -0.39 is 6.04 Å². The highest BCUT2D eigenvalue weighted by molar-refractivity contribution is 6.07. The number of rotatable bonds is 7. The zero-order valence-corrected chi connectivity index (χ0v) is 23.4. The number of halogens is 1. The average Bonchev–Trinajstić information content (AvgIpc) is 3.29. The average molecular weight is 555 g/mol. The van der Waals surface area contributed by atoms with Crippen molar-refractivity contribution in [2.24, 2.45) is 5.41 Å². The van der Waals surface area contributed by atoms with Crippen molar-refractivity contribution in [3.8, 4) is 11.1 Å². The van der Waals surface area contributed by atoms with Gasteiger partial charge in [0.1, 0.15) is 29.9 Å². The van der Waals surface area contributed by atoms with E-state index in [0.29, 0.717) is 23.1 Å². The van der Waals surface area contributed by atoms with Crippen LogP contribution in [0.15, 0.2) is 48.8 Å². The Morgan fingerprint density at radius 2 is 1.76 bits per heavy atom. The summed E-state index contributed by atoms with van der Waals surface area (Å²) >= 11 is 0. The molecule has 2 amide bonds. The van der Waals surface area contributed by atoms with Crippen LogP contribution >= 0.6 is 0 Å². The van der Waals surface area contributed by atoms with Crippen LogP contribution in [0.5, 0.6) is 0 Å². The molecule has 4 aromatic rings. The number of carbonyl (C=O) groups excluding carboxylic acids is 3. The molecular weight excluding hydrogens is 523 g/mol. The normalized spacial score (nSPS) is 21.1. The molecule has 210 valence electrons. The first-order valence-electron chi connectivity index (χ1n) is 13.7. The highest BCUT2D eigenvalue weighted by atomic mass is 19.1. The van der Waals surface area contributed by atoms with Gasteiger partial charge in [-0.3, -0.25) is 19.1 Å². The Hall–Kier alpha value is -4.47. The van der Waals surface area contributed by atoms with Crippen molar-refractivity contribution in [3.63, 3.8) is 0 Å². The number of benzene rings is 2. The predicted octanol–water partition coefficient (Wildman–Crippen LogP) is 4.15. The first-order valence-corrected chi connectivity index (χ1v) is 13.7. The van der Waals surface area contributed by atoms with E-state index in [1.807, 2.05) is 26.0 Å². The van der Waals surface area contributed by atoms with Crippen LogP contribution in [0.4, 0.5) is 4.39 Å². The first kappa shape index (κ1) is 26.7. The van der Waals surface area contributed by atoms with E-state index >= 15 is 0 Å². The van der Waals surface area contributed by atoms with Crippen LogP contribution < -0.4 is 5.32 Å². The first-order chi connectivity index (χ1) is 19.5. The minimum atomic E-state index is -0.602. The van der Waals surface area contributed by atoms with Crippen molar-refractivity contribution in [2.75, 3.05) is 0 Å². The van der Waals surface area contributed by atoms with Crippen LogP contribution in [-0.4, -0.2) is 54.3 Å². The number of Topliss-reactive ketones (excluding diaryl/α,β-unsaturated/α-hetero) is 1. The fourth-order valence-electron chi connectivity index (χ4n) is 6.09. The molecule has 41 heavy (non-hydrogen) atoms. The molecule has 2 fully saturated rings. The molecule has 1 aliphatic heterocycles. The van der Waals surface area contributed by atoms with Gasteiger partial charge in [-0.1, -0.05) is 19.1 Å². The van der Waals surface area contributed by atoms with Crippen molar-refractivity contribution in [1.29, 1.82) is 0 Å². The van der Waals surface area contributed by atoms with E-state index in [1.54, 1.807) is 34.1 Å². The molecule has 9 nitrogen and oxygen atoms in total. The molecule has 0 bridgehead atoms. The van der Waals surface area contributed by atoms with Crippen molar-refractivity contribution < 1.29 is 18.8 Å². The molecular formula is C31H31FN6O3. The van der Waals surface area contributed by atoms with Gasteiger partial charge in [0.05, 0.1) is 5.52 Å². The number of fused-ring (bicyclic) bond motifs is 2. The Morgan fingerprint density at radius 1 is 1.05 bits per heavy atom. The number of aromatic nitrogens is 4. The maximum atomic E-state index is 13.8. The van der Waals surface area contributed by atoms with E-state index in [2.05, 4.69) is 27.3 Å². The predicted molar refractivity (Wildman–Crippen MR) is 150 cm³/mol. The lowest BCUT2D eigenvalue weighted by Gasteiger charge is -2.27. The lowest BCUT2D eigenvalue weighted by Crippen LogP contribution is -2.48. The van der Waals surface area contributed by atoms with E-state index in [1.165, 1.54) is 19.1 Å². The van der Waals surface area contributed by atoms with Crippen LogP contribution in [-0.2, 0) is 22.7 Å². The van der Waals surface area contributed by atoms with E-state index in [-0.39, 0.29) is 53.7 Å². The standard InChI is InChI=1S/C31H31FN6O3/c1-17-9-21(22-14-33-19(3)34-15-22)10-24-28(18(2)39)36-37(29(17)24)16-27(40)38-25(11-31(4)12-26(31)38)30(41)35-13-20-5-7-23(32)8-6-20/h5-10,14-15,25-26H,11-13,16H2,1-4H3,(H,35,41)/t25-,26?,31-/m0/s1. The summed E-state index contributed by atoms with van der Waals surface area (Å²) in [4.78, 5) is 49.9. The molecule has 1 saturated carbocycles. The third kappa shape index (κ3) is 4.87. The lowest BCUT2D eigenvalue weighted by atomic mass is 10.0. The Morgan fingerprint density at radius 3 is 2.44 bits per heavy atom. The number of likely N-dealkylation sites (tertiary alicyclic amines) is 1. The number of hydrogen-bond acceptors (Lipinski definition) is 6. The molecule has 1 aliphatic carbocycles. The Bertz CT molecular complexity index is 1700. The summed E-state index contributed by atoms with van der Waals surface area (Å²) in [6, 6.07) is 9.21. The van der Waals surface area contributed by atoms with Gasteiger partial charge in [0.15, 0.2) is 5.78 Å². The van der Waals surface area contributed by atoms with Gasteiger partial charge in [0.25, 0.3) is 0 Å². The maximum absolute atomic E-state index is 13.8. The molecule has 3 heterocycles. The summed E-state index contributed by atoms with van der Waals surface area (Å²) in [5, 5.41) is 8.15. The van der Waals surface area contributed by atoms with Gasteiger partial charge in [-0.2, -0.15) is 5.10 Å². The maximum Gasteiger partial charge on any atom is 0.245 e. The van der Waals surface area contributed by atoms with Crippen molar-refractivity contribution in [3.05, 3.63) is 77.3 Å². The second-order valence-corrected chi connectivity index (χ2v) is 11.5. The Kier molecular flexibility index (Phi) is 6.43. The number of nitrogens with one attached hydrogen (secondary N) is 1. The zero-order valence-electron chi connectivity index (χ0n) is 23.4. The monoisotopic (exact) mass is 554 g/mol. The summed E-state index contributed by atoms with van der Waals surface area (Å²) in [6.45, 7) is 7.46. The van der Waals surface area contributed by atoms with Crippen LogP contribution in [0.2, 0.25) is 0 Å². The van der Waals surface area contributed by atoms with E-state index in [9.17, 15) is 18.8 Å². The van der Waals surface area contributed by atoms with Gasteiger partial charge in [0.2, 0.25) is 11.8 Å². The highest BCUT2D eigenvalue weighted by Gasteiger charge is 2.64. The van der Waals surface area contributed by atoms with Gasteiger partial charge in [0, 0.05) is 42.9 Å². The minimum absolute atomic E-state index is 0.0140. The second-order valence-electron chi connectivity index (χ2n) is 11.5. The minimum Gasteiger partial charge on any atom is -0.350 e. The number of aryl methyl sites for hydroxylation is 2. The van der Waals surface area contributed by atoms with Gasteiger partial charge in [-0.05, 0) is 73.1 Å². The van der Waals surface area contributed by atoms with Crippen molar-refractivity contribution in [2.45, 2.75) is 65.7 Å². The molecule has 1 N–H and O–H groups in total. The quantitative estimate of drug-likeness (QED) is 0.344. The molecule has 1 saturated heterocycles. The number of amides is 2. The van der Waals surface area contributed by atoms with Crippen LogP contribution in [0.1, 0.15) is 54.1 Å². The van der Waals surface area contributed by atoms with Gasteiger partial charge in [-0.25, -0.2) is 14.4 Å². The van der Waals surface area contributed by atoms with E-state index in [4.69, 9.17) is 0 Å². The summed E-state index contributed by atoms with van der Waals surface area (Å²) in [6.07, 6.45) is 4.91. The molecule has 1 unspecified atom stereocenters. The van der Waals surface area contributed by atoms with Crippen molar-refractivity contribution >= 4 is 28.5 Å². The number of carbonyl (C=O) groups is 3. The number of nitrogens with zero attached hydrogens (tertiary/aromatic N) is 5. The summed E-state index contributed by atoms with van der Waals surface area (Å²) in [5.41, 5.74) is 4.21.